The molecule has 0 amide bonds. The van der Waals surface area contributed by atoms with E-state index < -0.39 is 0 Å². The maximum absolute atomic E-state index is 12.8. The van der Waals surface area contributed by atoms with Crippen LogP contribution in [-0.2, 0) is 6.54 Å². The second-order valence-corrected chi connectivity index (χ2v) is 4.59. The van der Waals surface area contributed by atoms with E-state index in [2.05, 4.69) is 15.7 Å². The Bertz CT molecular complexity index is 575. The monoisotopic (exact) mass is 300 g/mol. The second kappa shape index (κ2) is 6.06. The van der Waals surface area contributed by atoms with Crippen molar-refractivity contribution < 1.29 is 4.39 Å². The highest BCUT2D eigenvalue weighted by Gasteiger charge is 2.08. The molecule has 1 aromatic heterocycles. The van der Waals surface area contributed by atoms with E-state index in [9.17, 15) is 4.39 Å². The molecule has 0 fully saturated rings. The molecule has 0 atom stereocenters. The molecule has 0 unspecified atom stereocenters. The first kappa shape index (κ1) is 13.9. The van der Waals surface area contributed by atoms with Gasteiger partial charge in [0.1, 0.15) is 11.6 Å². The maximum Gasteiger partial charge on any atom is 0.161 e. The van der Waals surface area contributed by atoms with E-state index >= 15 is 0 Å². The van der Waals surface area contributed by atoms with Gasteiger partial charge >= 0.3 is 0 Å². The molecule has 0 saturated carbocycles. The Morgan fingerprint density at radius 2 is 1.74 bits per heavy atom. The molecule has 19 heavy (non-hydrogen) atoms. The number of nitrogens with zero attached hydrogens (tertiary/aromatic N) is 1. The van der Waals surface area contributed by atoms with Gasteiger partial charge in [0.25, 0.3) is 0 Å². The molecule has 100 valence electrons. The molecule has 0 saturated heterocycles. The highest BCUT2D eigenvalue weighted by Crippen LogP contribution is 2.28. The number of aromatic nitrogens is 1. The van der Waals surface area contributed by atoms with Crippen molar-refractivity contribution in [1.82, 2.24) is 4.98 Å². The van der Waals surface area contributed by atoms with Crippen LogP contribution in [0, 0.1) is 5.82 Å². The Morgan fingerprint density at radius 3 is 2.37 bits per heavy atom. The van der Waals surface area contributed by atoms with E-state index in [1.807, 2.05) is 0 Å². The zero-order chi connectivity index (χ0) is 13.8. The van der Waals surface area contributed by atoms with Crippen molar-refractivity contribution >= 4 is 34.8 Å². The average Bonchev–Trinajstić information content (AvgIpc) is 2.40. The number of nitrogens with two attached hydrogens (primary N) is 1. The molecule has 0 aliphatic carbocycles. The van der Waals surface area contributed by atoms with Gasteiger partial charge in [0.2, 0.25) is 0 Å². The summed E-state index contributed by atoms with van der Waals surface area (Å²) in [6.07, 6.45) is 0. The van der Waals surface area contributed by atoms with Gasteiger partial charge in [-0.05, 0) is 23.8 Å². The van der Waals surface area contributed by atoms with E-state index in [0.29, 0.717) is 28.2 Å². The number of hydrogen-bond acceptors (Lipinski definition) is 4. The number of rotatable bonds is 4. The SMILES string of the molecule is NNc1nc(NCc2ccc(F)cc2)c(Cl)cc1Cl. The quantitative estimate of drug-likeness (QED) is 0.598. The van der Waals surface area contributed by atoms with Crippen LogP contribution in [0.1, 0.15) is 5.56 Å². The molecule has 4 N–H and O–H groups in total. The summed E-state index contributed by atoms with van der Waals surface area (Å²) in [4.78, 5) is 4.14. The third kappa shape index (κ3) is 3.47. The lowest BCUT2D eigenvalue weighted by Gasteiger charge is -2.10. The summed E-state index contributed by atoms with van der Waals surface area (Å²) in [6.45, 7) is 0.457. The van der Waals surface area contributed by atoms with E-state index in [1.54, 1.807) is 12.1 Å². The van der Waals surface area contributed by atoms with Gasteiger partial charge < -0.3 is 10.7 Å². The molecule has 0 spiro atoms. The molecule has 2 rings (SSSR count). The van der Waals surface area contributed by atoms with Gasteiger partial charge in [-0.15, -0.1) is 0 Å². The Balaban J connectivity index is 2.13. The highest BCUT2D eigenvalue weighted by atomic mass is 35.5. The molecule has 0 aliphatic heterocycles. The van der Waals surface area contributed by atoms with E-state index in [-0.39, 0.29) is 5.82 Å². The predicted molar refractivity (Wildman–Crippen MR) is 75.8 cm³/mol. The van der Waals surface area contributed by atoms with Crippen molar-refractivity contribution in [2.24, 2.45) is 5.84 Å². The fraction of sp³-hybridized carbons (Fsp3) is 0.0833. The standard InChI is InChI=1S/C12H11Cl2FN4/c13-9-5-10(14)12(19-16)18-11(9)17-6-7-1-3-8(15)4-2-7/h1-5H,6,16H2,(H2,17,18,19). The fourth-order valence-corrected chi connectivity index (χ4v) is 1.96. The van der Waals surface area contributed by atoms with Crippen LogP contribution >= 0.6 is 23.2 Å². The Kier molecular flexibility index (Phi) is 4.42. The van der Waals surface area contributed by atoms with Crippen LogP contribution in [0.25, 0.3) is 0 Å². The Labute approximate surface area is 119 Å². The molecule has 2 aromatic rings. The molecule has 0 bridgehead atoms. The van der Waals surface area contributed by atoms with Crippen molar-refractivity contribution in [3.63, 3.8) is 0 Å². The summed E-state index contributed by atoms with van der Waals surface area (Å²) in [7, 11) is 0. The zero-order valence-corrected chi connectivity index (χ0v) is 11.3. The summed E-state index contributed by atoms with van der Waals surface area (Å²) in [5.41, 5.74) is 3.28. The summed E-state index contributed by atoms with van der Waals surface area (Å²) < 4.78 is 12.8. The number of hydrogen-bond donors (Lipinski definition) is 3. The molecule has 1 heterocycles. The summed E-state index contributed by atoms with van der Waals surface area (Å²) in [6, 6.07) is 7.67. The van der Waals surface area contributed by atoms with Crippen molar-refractivity contribution in [1.29, 1.82) is 0 Å². The normalized spacial score (nSPS) is 10.3. The highest BCUT2D eigenvalue weighted by molar-refractivity contribution is 6.37. The van der Waals surface area contributed by atoms with E-state index in [1.165, 1.54) is 18.2 Å². The van der Waals surface area contributed by atoms with Gasteiger partial charge in [0, 0.05) is 6.54 Å². The fourth-order valence-electron chi connectivity index (χ4n) is 1.48. The third-order valence-corrected chi connectivity index (χ3v) is 3.02. The van der Waals surface area contributed by atoms with Gasteiger partial charge in [-0.1, -0.05) is 35.3 Å². The molecular weight excluding hydrogens is 290 g/mol. The number of nitrogen functional groups attached to an aromatic ring is 1. The minimum Gasteiger partial charge on any atom is -0.365 e. The van der Waals surface area contributed by atoms with Crippen LogP contribution < -0.4 is 16.6 Å². The molecular formula is C12H11Cl2FN4. The summed E-state index contributed by atoms with van der Waals surface area (Å²) >= 11 is 11.9. The number of benzene rings is 1. The lowest BCUT2D eigenvalue weighted by atomic mass is 10.2. The first-order valence-corrected chi connectivity index (χ1v) is 6.16. The van der Waals surface area contributed by atoms with E-state index in [0.717, 1.165) is 5.56 Å². The maximum atomic E-state index is 12.8. The summed E-state index contributed by atoms with van der Waals surface area (Å²) in [5, 5.41) is 3.74. The minimum absolute atomic E-state index is 0.277. The van der Waals surface area contributed by atoms with Crippen LogP contribution in [0.2, 0.25) is 10.0 Å². The van der Waals surface area contributed by atoms with Gasteiger partial charge in [0.15, 0.2) is 5.82 Å². The molecule has 1 aromatic carbocycles. The number of halogens is 3. The first-order valence-electron chi connectivity index (χ1n) is 5.41. The van der Waals surface area contributed by atoms with Crippen molar-refractivity contribution in [3.8, 4) is 0 Å². The summed E-state index contributed by atoms with van der Waals surface area (Å²) in [5.74, 6) is 5.78. The zero-order valence-electron chi connectivity index (χ0n) is 9.75. The Hall–Kier alpha value is -1.56. The second-order valence-electron chi connectivity index (χ2n) is 3.77. The number of anilines is 2. The van der Waals surface area contributed by atoms with Crippen molar-refractivity contribution in [3.05, 3.63) is 51.8 Å². The molecule has 4 nitrogen and oxygen atoms in total. The smallest absolute Gasteiger partial charge is 0.161 e. The van der Waals surface area contributed by atoms with Crippen molar-refractivity contribution in [2.45, 2.75) is 6.54 Å². The van der Waals surface area contributed by atoms with Crippen LogP contribution in [0.15, 0.2) is 30.3 Å². The lowest BCUT2D eigenvalue weighted by Crippen LogP contribution is -2.11. The van der Waals surface area contributed by atoms with Gasteiger partial charge in [-0.2, -0.15) is 0 Å². The van der Waals surface area contributed by atoms with Gasteiger partial charge in [0.05, 0.1) is 10.0 Å². The number of nitrogens with one attached hydrogen (secondary N) is 2. The Morgan fingerprint density at radius 1 is 1.11 bits per heavy atom. The van der Waals surface area contributed by atoms with Crippen LogP contribution in [-0.4, -0.2) is 4.98 Å². The first-order chi connectivity index (χ1) is 9.10. The lowest BCUT2D eigenvalue weighted by molar-refractivity contribution is 0.627. The van der Waals surface area contributed by atoms with E-state index in [4.69, 9.17) is 29.0 Å². The van der Waals surface area contributed by atoms with Crippen LogP contribution in [0.4, 0.5) is 16.0 Å². The van der Waals surface area contributed by atoms with Crippen molar-refractivity contribution in [2.75, 3.05) is 10.7 Å². The minimum atomic E-state index is -0.277. The van der Waals surface area contributed by atoms with Crippen LogP contribution in [0.3, 0.4) is 0 Å². The van der Waals surface area contributed by atoms with Gasteiger partial charge in [-0.25, -0.2) is 15.2 Å². The predicted octanol–water partition coefficient (Wildman–Crippen LogP) is 3.43. The van der Waals surface area contributed by atoms with Crippen LogP contribution in [0.5, 0.6) is 0 Å². The molecule has 7 heteroatoms. The third-order valence-electron chi connectivity index (χ3n) is 2.44. The van der Waals surface area contributed by atoms with Gasteiger partial charge in [-0.3, -0.25) is 0 Å². The number of pyridine rings is 1. The number of hydrazine groups is 1. The molecule has 0 radical (unpaired) electrons. The largest absolute Gasteiger partial charge is 0.365 e. The topological polar surface area (TPSA) is 63.0 Å². The molecule has 0 aliphatic rings. The average molecular weight is 301 g/mol.